The molecule has 6 heterocycles. The molecule has 6 nitrogen and oxygen atoms in total. The molecule has 4 aromatic heterocycles. The van der Waals surface area contributed by atoms with Crippen molar-refractivity contribution in [3.8, 4) is 0 Å². The molecule has 0 unspecified atom stereocenters. The number of nitrogens with zero attached hydrogens (tertiary/aromatic N) is 6. The van der Waals surface area contributed by atoms with Gasteiger partial charge in [0, 0.05) is 47.6 Å². The van der Waals surface area contributed by atoms with Crippen LogP contribution in [-0.2, 0) is 50.9 Å². The smallest absolute Gasteiger partial charge is 0.654 e. The number of pyridine rings is 4. The Morgan fingerprint density at radius 3 is 0.814 bits per heavy atom. The van der Waals surface area contributed by atoms with Crippen LogP contribution in [0.15, 0.2) is 253 Å². The number of hydrogen-bond donors (Lipinski definition) is 0. The fourth-order valence-electron chi connectivity index (χ4n) is 5.75. The van der Waals surface area contributed by atoms with Crippen LogP contribution < -0.4 is 0 Å². The first-order chi connectivity index (χ1) is 27.8. The number of aromatic nitrogens is 4. The van der Waals surface area contributed by atoms with Gasteiger partial charge in [0.25, 0.3) is 0 Å². The Hall–Kier alpha value is -6.15. The average molecular weight is 894 g/mol. The maximum absolute atomic E-state index is 4.76. The summed E-state index contributed by atoms with van der Waals surface area (Å²) in [7, 11) is 0. The fourth-order valence-corrected chi connectivity index (χ4v) is 5.75. The molecule has 9 heteroatoms. The fraction of sp³-hybridized carbons (Fsp3) is 0. The third-order valence-electron chi connectivity index (χ3n) is 8.46. The average Bonchev–Trinajstić information content (AvgIpc) is 4.15. The zero-order valence-electron chi connectivity index (χ0n) is 31.7. The minimum absolute atomic E-state index is 0. The van der Waals surface area contributed by atoms with Crippen molar-refractivity contribution in [2.24, 2.45) is 0 Å². The van der Waals surface area contributed by atoms with Crippen LogP contribution in [0.2, 0.25) is 0 Å². The Labute approximate surface area is 378 Å². The van der Waals surface area contributed by atoms with E-state index in [1.54, 1.807) is 24.8 Å². The summed E-state index contributed by atoms with van der Waals surface area (Å²) in [5, 5.41) is 9.52. The van der Waals surface area contributed by atoms with Gasteiger partial charge in [0.15, 0.2) is 0 Å². The third kappa shape index (κ3) is 13.5. The van der Waals surface area contributed by atoms with Crippen molar-refractivity contribution in [2.75, 3.05) is 0 Å². The molecule has 6 aromatic rings. The quantitative estimate of drug-likeness (QED) is 0.130. The van der Waals surface area contributed by atoms with E-state index in [2.05, 4.69) is 68.5 Å². The van der Waals surface area contributed by atoms with Gasteiger partial charge in [-0.15, -0.1) is 22.8 Å². The van der Waals surface area contributed by atoms with Gasteiger partial charge in [-0.1, -0.05) is 97.2 Å². The van der Waals surface area contributed by atoms with Crippen molar-refractivity contribution < 1.29 is 50.9 Å². The van der Waals surface area contributed by atoms with E-state index in [-0.39, 0.29) is 50.9 Å². The van der Waals surface area contributed by atoms with Crippen molar-refractivity contribution in [2.45, 2.75) is 0 Å². The molecule has 0 amide bonds. The Kier molecular flexibility index (Phi) is 19.0. The summed E-state index contributed by atoms with van der Waals surface area (Å²) in [5.41, 5.74) is 11.4. The zero-order valence-corrected chi connectivity index (χ0v) is 34.9. The van der Waals surface area contributed by atoms with Gasteiger partial charge in [0.2, 0.25) is 0 Å². The molecule has 0 bridgehead atoms. The minimum Gasteiger partial charge on any atom is -0.654 e. The summed E-state index contributed by atoms with van der Waals surface area (Å²) in [6.07, 6.45) is 32.0. The van der Waals surface area contributed by atoms with Crippen LogP contribution in [0.5, 0.6) is 0 Å². The van der Waals surface area contributed by atoms with E-state index in [0.717, 1.165) is 56.7 Å². The Balaban J connectivity index is 0.000000202. The van der Waals surface area contributed by atoms with Gasteiger partial charge < -0.3 is 10.6 Å². The largest absolute Gasteiger partial charge is 2.00 e. The third-order valence-corrected chi connectivity index (χ3v) is 8.46. The topological polar surface area (TPSA) is 79.8 Å². The molecule has 0 N–H and O–H groups in total. The summed E-state index contributed by atoms with van der Waals surface area (Å²) in [6.45, 7) is 0. The van der Waals surface area contributed by atoms with Crippen LogP contribution in [0.1, 0.15) is 22.8 Å². The molecule has 1 radical (unpaired) electrons. The second-order valence-corrected chi connectivity index (χ2v) is 12.4. The van der Waals surface area contributed by atoms with Crippen molar-refractivity contribution in [1.82, 2.24) is 19.9 Å². The van der Waals surface area contributed by atoms with Gasteiger partial charge in [-0.05, 0) is 70.8 Å². The van der Waals surface area contributed by atoms with E-state index in [0.29, 0.717) is 0 Å². The number of rotatable bonds is 4. The summed E-state index contributed by atoms with van der Waals surface area (Å²) in [5.74, 6) is 0. The predicted octanol–water partition coefficient (Wildman–Crippen LogP) is 12.1. The first kappa shape index (κ1) is 45.5. The van der Waals surface area contributed by atoms with Crippen LogP contribution in [-0.4, -0.2) is 19.9 Å². The normalized spacial score (nSPS) is 14.0. The summed E-state index contributed by atoms with van der Waals surface area (Å²) in [6, 6.07) is 43.4. The van der Waals surface area contributed by atoms with Crippen LogP contribution >= 0.6 is 0 Å². The summed E-state index contributed by atoms with van der Waals surface area (Å²) >= 11 is 0. The molecule has 2 aliphatic carbocycles. The number of allylic oxidation sites excluding steroid dienone is 16. The first-order valence-corrected chi connectivity index (χ1v) is 18.3. The Morgan fingerprint density at radius 2 is 0.610 bits per heavy atom. The van der Waals surface area contributed by atoms with Crippen molar-refractivity contribution in [1.29, 1.82) is 0 Å². The molecule has 2 aromatic carbocycles. The van der Waals surface area contributed by atoms with Gasteiger partial charge in [-0.3, -0.25) is 19.9 Å². The van der Waals surface area contributed by atoms with E-state index in [1.165, 1.54) is 11.1 Å². The Morgan fingerprint density at radius 1 is 0.339 bits per heavy atom. The molecular weight excluding hydrogens is 855 g/mol. The van der Waals surface area contributed by atoms with E-state index < -0.39 is 0 Å². The van der Waals surface area contributed by atoms with E-state index in [9.17, 15) is 0 Å². The number of hydrogen-bond acceptors (Lipinski definition) is 4. The monoisotopic (exact) mass is 893 g/mol. The van der Waals surface area contributed by atoms with Crippen molar-refractivity contribution in [3.05, 3.63) is 287 Å². The minimum atomic E-state index is 0. The van der Waals surface area contributed by atoms with Gasteiger partial charge in [0.1, 0.15) is 0 Å². The van der Waals surface area contributed by atoms with Crippen LogP contribution in [0.3, 0.4) is 0 Å². The van der Waals surface area contributed by atoms with Gasteiger partial charge in [-0.2, -0.15) is 36.4 Å². The molecule has 10 rings (SSSR count). The standard InChI is InChI=1S/2C20H14N3.2C5H5.Co.2Fe/c2*1-2-8-15(7-1)16-13-19(17-9-3-5-11-21-17)23-20(14-16)18-10-4-6-12-22-18;2*1-2-4-5-3-1;;;/h2*1-14H;2*1-5H;;;/q4*-1;3*+2. The molecule has 0 spiro atoms. The van der Waals surface area contributed by atoms with Crippen molar-refractivity contribution >= 4 is 22.8 Å². The first-order valence-electron chi connectivity index (χ1n) is 18.3. The van der Waals surface area contributed by atoms with Gasteiger partial charge in [0.05, 0.1) is 0 Å². The molecule has 0 atom stereocenters. The molecule has 291 valence electrons. The summed E-state index contributed by atoms with van der Waals surface area (Å²) in [4.78, 5) is 17.7. The van der Waals surface area contributed by atoms with E-state index in [4.69, 9.17) is 10.6 Å². The van der Waals surface area contributed by atoms with Crippen LogP contribution in [0.25, 0.3) is 33.4 Å². The second-order valence-electron chi connectivity index (χ2n) is 12.4. The van der Waals surface area contributed by atoms with Gasteiger partial charge >= 0.3 is 50.9 Å². The molecule has 2 aliphatic heterocycles. The molecule has 0 saturated carbocycles. The Bertz CT molecular complexity index is 2120. The van der Waals surface area contributed by atoms with Crippen molar-refractivity contribution in [3.63, 3.8) is 0 Å². The molecule has 59 heavy (non-hydrogen) atoms. The summed E-state index contributed by atoms with van der Waals surface area (Å²) < 4.78 is 0. The maximum Gasteiger partial charge on any atom is 2.00 e. The molecule has 4 aliphatic rings. The molecular formula is C50H38CoFe2N6+2. The zero-order chi connectivity index (χ0) is 38.0. The SMILES string of the molecule is C1=CC(=C2C=C(c3ccccn3)[N-]C(c3ccccn3)=C2)C=C1.C1=CC(=C2C=C(c3ccccn3)[N-]C(c3ccccn3)=C2)C=C1.[Co+2].[Fe+2].[Fe+2].c1cc[cH-]c1.c1cc[cH-]c1. The van der Waals surface area contributed by atoms with E-state index in [1.807, 2.05) is 158 Å². The molecule has 0 saturated heterocycles. The second kappa shape index (κ2) is 24.6. The predicted molar refractivity (Wildman–Crippen MR) is 230 cm³/mol. The van der Waals surface area contributed by atoms with E-state index >= 15 is 0 Å². The van der Waals surface area contributed by atoms with Gasteiger partial charge in [-0.25, -0.2) is 24.3 Å². The maximum atomic E-state index is 4.76. The van der Waals surface area contributed by atoms with Crippen LogP contribution in [0.4, 0.5) is 0 Å². The molecule has 0 fully saturated rings. The van der Waals surface area contributed by atoms with Crippen LogP contribution in [0, 0.1) is 0 Å².